The molecule has 19 heavy (non-hydrogen) atoms. The van der Waals surface area contributed by atoms with Crippen molar-refractivity contribution in [2.24, 2.45) is 0 Å². The van der Waals surface area contributed by atoms with Gasteiger partial charge in [0.2, 0.25) is 11.8 Å². The van der Waals surface area contributed by atoms with Crippen LogP contribution in [0.1, 0.15) is 33.1 Å². The van der Waals surface area contributed by atoms with E-state index in [2.05, 4.69) is 10.6 Å². The van der Waals surface area contributed by atoms with Crippen LogP contribution in [0.2, 0.25) is 0 Å². The molecule has 1 aliphatic heterocycles. The van der Waals surface area contributed by atoms with Gasteiger partial charge in [-0.1, -0.05) is 0 Å². The molecule has 0 radical (unpaired) electrons. The molecular formula is C12H20ClN3O3. The Bertz CT molecular complexity index is 354. The second-order valence-electron chi connectivity index (χ2n) is 4.69. The number of halogens is 1. The first-order valence-electron chi connectivity index (χ1n) is 6.46. The molecule has 2 N–H and O–H groups in total. The van der Waals surface area contributed by atoms with Crippen LogP contribution in [-0.4, -0.2) is 47.3 Å². The Morgan fingerprint density at radius 1 is 1.11 bits per heavy atom. The fraction of sp³-hybridized carbons (Fsp3) is 0.750. The van der Waals surface area contributed by atoms with Crippen LogP contribution >= 0.6 is 11.6 Å². The topological polar surface area (TPSA) is 78.5 Å². The van der Waals surface area contributed by atoms with Crippen molar-refractivity contribution in [1.82, 2.24) is 15.5 Å². The first-order valence-corrected chi connectivity index (χ1v) is 6.89. The summed E-state index contributed by atoms with van der Waals surface area (Å²) in [5.41, 5.74) is 0. The number of piperidine rings is 1. The molecule has 6 nitrogen and oxygen atoms in total. The first kappa shape index (κ1) is 15.8. The van der Waals surface area contributed by atoms with Crippen molar-refractivity contribution >= 4 is 29.4 Å². The maximum absolute atomic E-state index is 12.0. The Morgan fingerprint density at radius 2 is 1.68 bits per heavy atom. The number of carbonyl (C=O) groups is 3. The Labute approximate surface area is 117 Å². The van der Waals surface area contributed by atoms with Crippen LogP contribution in [0.4, 0.5) is 4.79 Å². The molecule has 0 aliphatic carbocycles. The van der Waals surface area contributed by atoms with E-state index in [1.807, 2.05) is 0 Å². The van der Waals surface area contributed by atoms with Gasteiger partial charge in [-0.25, -0.2) is 4.79 Å². The zero-order valence-corrected chi connectivity index (χ0v) is 12.0. The average molecular weight is 290 g/mol. The molecule has 0 aromatic carbocycles. The highest BCUT2D eigenvalue weighted by molar-refractivity contribution is 6.31. The monoisotopic (exact) mass is 289 g/mol. The average Bonchev–Trinajstić information content (AvgIpc) is 2.38. The lowest BCUT2D eigenvalue weighted by Crippen LogP contribution is -2.52. The number of amides is 4. The molecule has 1 saturated heterocycles. The Kier molecular flexibility index (Phi) is 6.08. The SMILES string of the molecule is CC(Cl)C(=O)NC(=O)NC(C)C(=O)N1CCCCC1. The Balaban J connectivity index is 2.40. The number of urea groups is 1. The van der Waals surface area contributed by atoms with Crippen molar-refractivity contribution in [1.29, 1.82) is 0 Å². The number of nitrogens with one attached hydrogen (secondary N) is 2. The van der Waals surface area contributed by atoms with E-state index in [0.29, 0.717) is 0 Å². The van der Waals surface area contributed by atoms with E-state index >= 15 is 0 Å². The van der Waals surface area contributed by atoms with E-state index in [1.54, 1.807) is 11.8 Å². The number of hydrogen-bond donors (Lipinski definition) is 2. The third-order valence-electron chi connectivity index (χ3n) is 2.98. The molecule has 1 heterocycles. The summed E-state index contributed by atoms with van der Waals surface area (Å²) >= 11 is 5.53. The van der Waals surface area contributed by atoms with Gasteiger partial charge in [0.15, 0.2) is 0 Å². The summed E-state index contributed by atoms with van der Waals surface area (Å²) in [5.74, 6) is -0.710. The highest BCUT2D eigenvalue weighted by atomic mass is 35.5. The zero-order chi connectivity index (χ0) is 14.4. The fourth-order valence-corrected chi connectivity index (χ4v) is 1.95. The smallest absolute Gasteiger partial charge is 0.322 e. The van der Waals surface area contributed by atoms with E-state index in [0.717, 1.165) is 32.4 Å². The third kappa shape index (κ3) is 5.06. The summed E-state index contributed by atoms with van der Waals surface area (Å²) in [6, 6.07) is -1.35. The lowest BCUT2D eigenvalue weighted by Gasteiger charge is -2.29. The van der Waals surface area contributed by atoms with Crippen LogP contribution in [0.15, 0.2) is 0 Å². The van der Waals surface area contributed by atoms with E-state index < -0.39 is 23.4 Å². The van der Waals surface area contributed by atoms with Crippen molar-refractivity contribution < 1.29 is 14.4 Å². The Morgan fingerprint density at radius 3 is 2.21 bits per heavy atom. The molecule has 0 bridgehead atoms. The van der Waals surface area contributed by atoms with Gasteiger partial charge in [-0.05, 0) is 33.1 Å². The summed E-state index contributed by atoms with van der Waals surface area (Å²) in [6.45, 7) is 4.52. The van der Waals surface area contributed by atoms with Crippen molar-refractivity contribution in [2.75, 3.05) is 13.1 Å². The molecule has 108 valence electrons. The molecule has 2 unspecified atom stereocenters. The molecule has 1 rings (SSSR count). The number of hydrogen-bond acceptors (Lipinski definition) is 3. The summed E-state index contributed by atoms with van der Waals surface area (Å²) in [4.78, 5) is 36.5. The van der Waals surface area contributed by atoms with Gasteiger partial charge in [0.25, 0.3) is 0 Å². The van der Waals surface area contributed by atoms with Gasteiger partial charge in [-0.2, -0.15) is 0 Å². The van der Waals surface area contributed by atoms with Crippen molar-refractivity contribution in [3.05, 3.63) is 0 Å². The molecule has 0 spiro atoms. The number of alkyl halides is 1. The number of rotatable bonds is 3. The molecular weight excluding hydrogens is 270 g/mol. The number of imide groups is 1. The summed E-state index contributed by atoms with van der Waals surface area (Å²) in [6.07, 6.45) is 3.12. The third-order valence-corrected chi connectivity index (χ3v) is 3.18. The standard InChI is InChI=1S/C12H20ClN3O3/c1-8(13)10(17)15-12(19)14-9(2)11(18)16-6-4-3-5-7-16/h8-9H,3-7H2,1-2H3,(H2,14,15,17,19). The summed E-state index contributed by atoms with van der Waals surface area (Å²) in [5, 5.41) is 3.73. The quantitative estimate of drug-likeness (QED) is 0.756. The minimum absolute atomic E-state index is 0.124. The maximum atomic E-state index is 12.0. The predicted molar refractivity (Wildman–Crippen MR) is 71.9 cm³/mol. The normalized spacial score (nSPS) is 18.4. The maximum Gasteiger partial charge on any atom is 0.322 e. The molecule has 0 saturated carbocycles. The molecule has 4 amide bonds. The zero-order valence-electron chi connectivity index (χ0n) is 11.2. The number of nitrogens with zero attached hydrogens (tertiary/aromatic N) is 1. The summed E-state index contributed by atoms with van der Waals surface area (Å²) in [7, 11) is 0. The highest BCUT2D eigenvalue weighted by Gasteiger charge is 2.24. The minimum atomic E-state index is -0.793. The van der Waals surface area contributed by atoms with E-state index in [4.69, 9.17) is 11.6 Å². The lowest BCUT2D eigenvalue weighted by atomic mass is 10.1. The van der Waals surface area contributed by atoms with Gasteiger partial charge >= 0.3 is 6.03 Å². The molecule has 7 heteroatoms. The predicted octanol–water partition coefficient (Wildman–Crippen LogP) is 0.840. The molecule has 0 aromatic rings. The Hall–Kier alpha value is -1.30. The fourth-order valence-electron chi connectivity index (χ4n) is 1.89. The van der Waals surface area contributed by atoms with Crippen molar-refractivity contribution in [3.63, 3.8) is 0 Å². The minimum Gasteiger partial charge on any atom is -0.341 e. The molecule has 2 atom stereocenters. The van der Waals surface area contributed by atoms with Crippen molar-refractivity contribution in [2.45, 2.75) is 44.5 Å². The van der Waals surface area contributed by atoms with E-state index in [-0.39, 0.29) is 5.91 Å². The molecule has 1 fully saturated rings. The van der Waals surface area contributed by atoms with Gasteiger partial charge < -0.3 is 10.2 Å². The first-order chi connectivity index (χ1) is 8.91. The van der Waals surface area contributed by atoms with Crippen molar-refractivity contribution in [3.8, 4) is 0 Å². The van der Waals surface area contributed by atoms with Gasteiger partial charge in [0.05, 0.1) is 0 Å². The van der Waals surface area contributed by atoms with E-state index in [9.17, 15) is 14.4 Å². The number of likely N-dealkylation sites (tertiary alicyclic amines) is 1. The lowest BCUT2D eigenvalue weighted by molar-refractivity contribution is -0.133. The highest BCUT2D eigenvalue weighted by Crippen LogP contribution is 2.09. The molecule has 0 aromatic heterocycles. The van der Waals surface area contributed by atoms with Crippen LogP contribution in [0.5, 0.6) is 0 Å². The van der Waals surface area contributed by atoms with Crippen LogP contribution in [0.3, 0.4) is 0 Å². The number of carbonyl (C=O) groups excluding carboxylic acids is 3. The van der Waals surface area contributed by atoms with Gasteiger partial charge in [0.1, 0.15) is 11.4 Å². The molecule has 1 aliphatic rings. The van der Waals surface area contributed by atoms with Gasteiger partial charge in [-0.3, -0.25) is 14.9 Å². The van der Waals surface area contributed by atoms with Gasteiger partial charge in [-0.15, -0.1) is 11.6 Å². The van der Waals surface area contributed by atoms with Gasteiger partial charge in [0, 0.05) is 13.1 Å². The largest absolute Gasteiger partial charge is 0.341 e. The van der Waals surface area contributed by atoms with Crippen LogP contribution in [-0.2, 0) is 9.59 Å². The van der Waals surface area contributed by atoms with E-state index in [1.165, 1.54) is 6.92 Å². The second kappa shape index (κ2) is 7.33. The van der Waals surface area contributed by atoms with Crippen LogP contribution in [0.25, 0.3) is 0 Å². The second-order valence-corrected chi connectivity index (χ2v) is 5.34. The van der Waals surface area contributed by atoms with Crippen LogP contribution in [0, 0.1) is 0 Å². The summed E-state index contributed by atoms with van der Waals surface area (Å²) < 4.78 is 0. The van der Waals surface area contributed by atoms with Crippen LogP contribution < -0.4 is 10.6 Å².